The predicted molar refractivity (Wildman–Crippen MR) is 42.6 cm³/mol. The molecule has 0 aliphatic carbocycles. The molecule has 0 aliphatic heterocycles. The van der Waals surface area contributed by atoms with E-state index in [2.05, 4.69) is 0 Å². The van der Waals surface area contributed by atoms with Gasteiger partial charge in [0.15, 0.2) is 5.60 Å². The first-order chi connectivity index (χ1) is 5.78. The van der Waals surface area contributed by atoms with Gasteiger partial charge in [0, 0.05) is 24.8 Å². The minimum absolute atomic E-state index is 0. The van der Waals surface area contributed by atoms with Gasteiger partial charge in [-0.3, -0.25) is 0 Å². The first-order valence-corrected chi connectivity index (χ1v) is 3.13. The third-order valence-electron chi connectivity index (χ3n) is 1.27. The summed E-state index contributed by atoms with van der Waals surface area (Å²) in [5.74, 6) is -5.65. The van der Waals surface area contributed by atoms with Gasteiger partial charge in [-0.2, -0.15) is 0 Å². The smallest absolute Gasteiger partial charge is 0.550 e. The van der Waals surface area contributed by atoms with Crippen molar-refractivity contribution in [3.63, 3.8) is 0 Å². The molecule has 0 saturated heterocycles. The molecule has 0 atom stereocenters. The van der Waals surface area contributed by atoms with Gasteiger partial charge in [-0.25, -0.2) is 4.79 Å². The number of hydrogen-bond acceptors (Lipinski definition) is 7. The predicted octanol–water partition coefficient (Wildman–Crippen LogP) is -4.14. The molecule has 0 bridgehead atoms. The van der Waals surface area contributed by atoms with Crippen LogP contribution in [0.4, 0.5) is 0 Å². The Labute approximate surface area is 104 Å². The average molecular weight is 416 g/mol. The fraction of sp³-hybridized carbons (Fsp3) is 0.500. The monoisotopic (exact) mass is 416 g/mol. The molecule has 2 radical (unpaired) electrons. The van der Waals surface area contributed by atoms with Gasteiger partial charge >= 0.3 is 32.2 Å². The number of aliphatic carboxylic acids is 3. The van der Waals surface area contributed by atoms with Crippen LogP contribution in [0.5, 0.6) is 0 Å². The SMILES string of the molecule is N.O=C([O-])CC(O)(CC(=O)[O-])C(=O)O.[Bi+3]. The zero-order valence-electron chi connectivity index (χ0n) is 7.50. The molecule has 0 amide bonds. The van der Waals surface area contributed by atoms with Crippen molar-refractivity contribution in [2.45, 2.75) is 18.4 Å². The van der Waals surface area contributed by atoms with Crippen LogP contribution in [0, 0.1) is 0 Å². The van der Waals surface area contributed by atoms with E-state index in [1.165, 1.54) is 0 Å². The van der Waals surface area contributed by atoms with E-state index in [4.69, 9.17) is 10.2 Å². The number of hydrogen-bond donors (Lipinski definition) is 3. The first-order valence-electron chi connectivity index (χ1n) is 3.13. The number of carboxylic acids is 3. The summed E-state index contributed by atoms with van der Waals surface area (Å²) in [5, 5.41) is 37.2. The molecule has 0 aliphatic rings. The van der Waals surface area contributed by atoms with E-state index >= 15 is 0 Å². The summed E-state index contributed by atoms with van der Waals surface area (Å²) in [5.41, 5.74) is -2.86. The van der Waals surface area contributed by atoms with Gasteiger partial charge in [-0.15, -0.1) is 0 Å². The molecule has 9 heteroatoms. The Bertz CT molecular complexity index is 238. The fourth-order valence-corrected chi connectivity index (χ4v) is 0.691. The van der Waals surface area contributed by atoms with Gasteiger partial charge in [0.05, 0.1) is 0 Å². The third kappa shape index (κ3) is 7.18. The van der Waals surface area contributed by atoms with E-state index in [1.54, 1.807) is 0 Å². The van der Waals surface area contributed by atoms with Crippen molar-refractivity contribution >= 4 is 44.1 Å². The van der Waals surface area contributed by atoms with E-state index in [1.807, 2.05) is 0 Å². The number of carbonyl (C=O) groups excluding carboxylic acids is 2. The van der Waals surface area contributed by atoms with Crippen molar-refractivity contribution in [2.24, 2.45) is 0 Å². The Kier molecular flexibility index (Phi) is 9.86. The summed E-state index contributed by atoms with van der Waals surface area (Å²) in [7, 11) is 0. The van der Waals surface area contributed by atoms with E-state index in [0.717, 1.165) is 0 Å². The molecule has 0 spiro atoms. The van der Waals surface area contributed by atoms with Crippen LogP contribution in [0.3, 0.4) is 0 Å². The number of carboxylic acid groups (broad SMARTS) is 3. The average Bonchev–Trinajstić information content (AvgIpc) is 1.82. The molecule has 15 heavy (non-hydrogen) atoms. The Morgan fingerprint density at radius 1 is 1.07 bits per heavy atom. The Balaban J connectivity index is -0.000000720. The second kappa shape index (κ2) is 7.50. The normalized spacial score (nSPS) is 9.40. The maximum atomic E-state index is 10.3. The summed E-state index contributed by atoms with van der Waals surface area (Å²) in [6.45, 7) is 0. The van der Waals surface area contributed by atoms with E-state index < -0.39 is 36.4 Å². The maximum Gasteiger partial charge on any atom is 3.00 e. The molecule has 0 aromatic rings. The molecule has 5 N–H and O–H groups in total. The van der Waals surface area contributed by atoms with Crippen molar-refractivity contribution in [3.05, 3.63) is 0 Å². The maximum absolute atomic E-state index is 10.3. The van der Waals surface area contributed by atoms with Crippen molar-refractivity contribution in [1.29, 1.82) is 0 Å². The van der Waals surface area contributed by atoms with Crippen LogP contribution < -0.4 is 16.4 Å². The molecule has 0 aromatic carbocycles. The standard InChI is InChI=1S/C6H8O7.Bi.H3N/c7-3(8)1-6(13,5(11)12)2-4(9)10;;/h13H,1-2H2,(H,7,8)(H,9,10)(H,11,12);;1H3/q;+3;/p-2. The van der Waals surface area contributed by atoms with Gasteiger partial charge in [0.1, 0.15) is 0 Å². The van der Waals surface area contributed by atoms with Gasteiger partial charge in [0.25, 0.3) is 0 Å². The molecule has 0 saturated carbocycles. The second-order valence-electron chi connectivity index (χ2n) is 2.43. The summed E-state index contributed by atoms with van der Waals surface area (Å²) >= 11 is 0. The minimum Gasteiger partial charge on any atom is -0.550 e. The molecule has 0 aromatic heterocycles. The number of rotatable bonds is 5. The van der Waals surface area contributed by atoms with E-state index in [-0.39, 0.29) is 32.4 Å². The van der Waals surface area contributed by atoms with Crippen molar-refractivity contribution in [1.82, 2.24) is 6.15 Å². The molecule has 0 fully saturated rings. The second-order valence-corrected chi connectivity index (χ2v) is 2.43. The van der Waals surface area contributed by atoms with Crippen LogP contribution in [0.1, 0.15) is 12.8 Å². The van der Waals surface area contributed by atoms with Crippen LogP contribution in [0.15, 0.2) is 0 Å². The molecule has 8 nitrogen and oxygen atoms in total. The molecule has 84 valence electrons. The topological polar surface area (TPSA) is 173 Å². The fourth-order valence-electron chi connectivity index (χ4n) is 0.691. The number of aliphatic hydroxyl groups is 1. The van der Waals surface area contributed by atoms with E-state index in [9.17, 15) is 24.6 Å². The Morgan fingerprint density at radius 3 is 1.47 bits per heavy atom. The Hall–Kier alpha value is -0.787. The van der Waals surface area contributed by atoms with Crippen molar-refractivity contribution in [3.8, 4) is 0 Å². The summed E-state index contributed by atoms with van der Waals surface area (Å²) < 4.78 is 0. The van der Waals surface area contributed by atoms with E-state index in [0.29, 0.717) is 0 Å². The van der Waals surface area contributed by atoms with Crippen LogP contribution in [-0.2, 0) is 14.4 Å². The van der Waals surface area contributed by atoms with Crippen LogP contribution in [-0.4, -0.2) is 59.9 Å². The number of carbonyl (C=O) groups is 3. The minimum atomic E-state index is -2.86. The summed E-state index contributed by atoms with van der Waals surface area (Å²) in [6, 6.07) is 0. The molecule has 0 rings (SSSR count). The quantitative estimate of drug-likeness (QED) is 0.379. The van der Waals surface area contributed by atoms with Crippen LogP contribution in [0.25, 0.3) is 0 Å². The molecular formula is C6H9BiNO7+. The Morgan fingerprint density at radius 2 is 1.33 bits per heavy atom. The van der Waals surface area contributed by atoms with Crippen LogP contribution in [0.2, 0.25) is 0 Å². The largest absolute Gasteiger partial charge is 3.00 e. The zero-order chi connectivity index (χ0) is 10.6. The third-order valence-corrected chi connectivity index (χ3v) is 1.27. The molecular weight excluding hydrogens is 407 g/mol. The van der Waals surface area contributed by atoms with Gasteiger partial charge in [-0.1, -0.05) is 0 Å². The first kappa shape index (κ1) is 19.7. The summed E-state index contributed by atoms with van der Waals surface area (Å²) in [4.78, 5) is 30.2. The van der Waals surface area contributed by atoms with Gasteiger partial charge in [0.2, 0.25) is 0 Å². The van der Waals surface area contributed by atoms with Crippen LogP contribution >= 0.6 is 0 Å². The zero-order valence-corrected chi connectivity index (χ0v) is 11.0. The summed E-state index contributed by atoms with van der Waals surface area (Å²) in [6.07, 6.45) is -2.59. The van der Waals surface area contributed by atoms with Gasteiger partial charge < -0.3 is 36.2 Å². The molecule has 0 heterocycles. The van der Waals surface area contributed by atoms with Gasteiger partial charge in [-0.05, 0) is 0 Å². The molecule has 0 unspecified atom stereocenters. The van der Waals surface area contributed by atoms with Crippen molar-refractivity contribution < 1.29 is 34.8 Å². The van der Waals surface area contributed by atoms with Crippen molar-refractivity contribution in [2.75, 3.05) is 0 Å².